The zero-order valence-corrected chi connectivity index (χ0v) is 24.9. The first-order chi connectivity index (χ1) is 21.1. The highest BCUT2D eigenvalue weighted by Gasteiger charge is 2.38. The van der Waals surface area contributed by atoms with Gasteiger partial charge in [-0.1, -0.05) is 12.1 Å². The van der Waals surface area contributed by atoms with Gasteiger partial charge in [0.25, 0.3) is 0 Å². The fourth-order valence-electron chi connectivity index (χ4n) is 4.02. The first kappa shape index (κ1) is 32.7. The molecule has 236 valence electrons. The van der Waals surface area contributed by atoms with Crippen molar-refractivity contribution >= 4 is 61.6 Å². The number of anilines is 6. The van der Waals surface area contributed by atoms with Crippen LogP contribution in [0.4, 0.5) is 52.3 Å². The number of nitrogens with zero attached hydrogens (tertiary/aromatic N) is 5. The van der Waals surface area contributed by atoms with Gasteiger partial charge < -0.3 is 25.2 Å². The number of hydrogen-bond donors (Lipinski definition) is 3. The Bertz CT molecular complexity index is 1910. The molecule has 0 spiro atoms. The molecule has 0 atom stereocenters. The van der Waals surface area contributed by atoms with Crippen molar-refractivity contribution in [2.45, 2.75) is 11.9 Å². The summed E-state index contributed by atoms with van der Waals surface area (Å²) in [7, 11) is 0.734. The molecule has 3 aromatic carbocycles. The number of hydrogen-bond acceptors (Lipinski definition) is 9. The lowest BCUT2D eigenvalue weighted by Gasteiger charge is -2.19. The molecule has 0 saturated carbocycles. The van der Waals surface area contributed by atoms with Crippen molar-refractivity contribution in [1.29, 1.82) is 0 Å². The normalized spacial score (nSPS) is 11.4. The van der Waals surface area contributed by atoms with Crippen molar-refractivity contribution in [2.24, 2.45) is 7.05 Å². The van der Waals surface area contributed by atoms with Gasteiger partial charge in [0.15, 0.2) is 9.84 Å². The quantitative estimate of drug-likeness (QED) is 0.174. The number of aromatic nitrogens is 4. The number of carbonyl (C=O) groups is 1. The van der Waals surface area contributed by atoms with Crippen LogP contribution in [0.5, 0.6) is 0 Å². The van der Waals surface area contributed by atoms with E-state index in [-0.39, 0.29) is 11.6 Å². The van der Waals surface area contributed by atoms with Crippen molar-refractivity contribution < 1.29 is 35.9 Å². The summed E-state index contributed by atoms with van der Waals surface area (Å²) < 4.78 is 69.9. The van der Waals surface area contributed by atoms with Crippen molar-refractivity contribution in [3.05, 3.63) is 90.4 Å². The Morgan fingerprint density at radius 1 is 0.956 bits per heavy atom. The monoisotopic (exact) mass is 645 g/mol. The molecule has 0 fully saturated rings. The number of imidazole rings is 1. The van der Waals surface area contributed by atoms with Crippen molar-refractivity contribution in [2.75, 3.05) is 28.8 Å². The number of aliphatic carboxylic acids is 1. The molecule has 0 amide bonds. The third-order valence-electron chi connectivity index (χ3n) is 6.22. The van der Waals surface area contributed by atoms with Crippen LogP contribution in [0.3, 0.4) is 0 Å². The summed E-state index contributed by atoms with van der Waals surface area (Å²) in [6, 6.07) is 21.0. The third-order valence-corrected chi connectivity index (χ3v) is 7.08. The van der Waals surface area contributed by atoms with Crippen LogP contribution in [0.1, 0.15) is 5.56 Å². The van der Waals surface area contributed by atoms with Crippen LogP contribution in [-0.4, -0.2) is 58.5 Å². The largest absolute Gasteiger partial charge is 0.490 e. The van der Waals surface area contributed by atoms with Crippen LogP contribution in [0, 0.1) is 5.82 Å². The van der Waals surface area contributed by atoms with E-state index in [9.17, 15) is 26.0 Å². The van der Waals surface area contributed by atoms with E-state index in [1.807, 2.05) is 47.8 Å². The summed E-state index contributed by atoms with van der Waals surface area (Å²) in [5.41, 5.74) is 4.83. The number of nitrogens with one attached hydrogen (secondary N) is 2. The molecule has 0 aliphatic heterocycles. The molecule has 0 radical (unpaired) electrons. The lowest BCUT2D eigenvalue weighted by atomic mass is 10.2. The molecule has 5 aromatic rings. The minimum atomic E-state index is -5.08. The summed E-state index contributed by atoms with van der Waals surface area (Å²) in [6.45, 7) is 0. The number of aryl methyl sites for hydroxylation is 1. The Labute approximate surface area is 255 Å². The Hall–Kier alpha value is -5.25. The lowest BCUT2D eigenvalue weighted by molar-refractivity contribution is -0.192. The number of carboxylic acid groups (broad SMARTS) is 1. The molecule has 0 aliphatic carbocycles. The van der Waals surface area contributed by atoms with E-state index in [1.54, 1.807) is 42.6 Å². The van der Waals surface area contributed by atoms with E-state index in [0.29, 0.717) is 23.3 Å². The zero-order valence-electron chi connectivity index (χ0n) is 24.0. The number of fused-ring (bicyclic) bond motifs is 1. The number of halogens is 4. The second-order valence-electron chi connectivity index (χ2n) is 9.79. The Balaban J connectivity index is 0.000000591. The van der Waals surface area contributed by atoms with E-state index >= 15 is 0 Å². The minimum Gasteiger partial charge on any atom is -0.475 e. The molecule has 0 saturated heterocycles. The highest BCUT2D eigenvalue weighted by Crippen LogP contribution is 2.29. The summed E-state index contributed by atoms with van der Waals surface area (Å²) in [6.07, 6.45) is -2.20. The van der Waals surface area contributed by atoms with Gasteiger partial charge in [-0.3, -0.25) is 0 Å². The topological polar surface area (TPSA) is 142 Å². The number of benzene rings is 3. The molecule has 0 aliphatic rings. The van der Waals surface area contributed by atoms with Crippen molar-refractivity contribution in [3.8, 4) is 0 Å². The molecule has 45 heavy (non-hydrogen) atoms. The first-order valence-electron chi connectivity index (χ1n) is 13.0. The number of carboxylic acids is 1. The lowest BCUT2D eigenvalue weighted by Crippen LogP contribution is -2.21. The molecule has 16 heteroatoms. The number of sulfone groups is 1. The highest BCUT2D eigenvalue weighted by atomic mass is 32.2. The van der Waals surface area contributed by atoms with Crippen LogP contribution < -0.4 is 15.5 Å². The Morgan fingerprint density at radius 3 is 2.16 bits per heavy atom. The number of alkyl halides is 3. The fourth-order valence-corrected chi connectivity index (χ4v) is 4.81. The zero-order chi connectivity index (χ0) is 32.9. The van der Waals surface area contributed by atoms with E-state index in [1.165, 1.54) is 18.4 Å². The first-order valence-corrected chi connectivity index (χ1v) is 15.0. The van der Waals surface area contributed by atoms with Gasteiger partial charge >= 0.3 is 12.1 Å². The average molecular weight is 646 g/mol. The maximum atomic E-state index is 13.2. The molecule has 2 heterocycles. The van der Waals surface area contributed by atoms with Gasteiger partial charge in [0.2, 0.25) is 11.9 Å². The SMILES string of the molecule is CN(c1ccc2c(c1)nc(Nc1ccc(F)cc1)n2C)c1ccnc(Nc2ccc(CS(C)(=O)=O)cc2)n1.O=C(O)C(F)(F)F. The molecule has 2 aromatic heterocycles. The Kier molecular flexibility index (Phi) is 9.56. The molecule has 0 bridgehead atoms. The van der Waals surface area contributed by atoms with Crippen LogP contribution in [0.15, 0.2) is 79.0 Å². The van der Waals surface area contributed by atoms with Gasteiger partial charge in [-0.2, -0.15) is 18.2 Å². The van der Waals surface area contributed by atoms with Gasteiger partial charge in [0.05, 0.1) is 16.8 Å². The van der Waals surface area contributed by atoms with E-state index in [2.05, 4.69) is 20.6 Å². The summed E-state index contributed by atoms with van der Waals surface area (Å²) in [5.74, 6) is -1.33. The van der Waals surface area contributed by atoms with Gasteiger partial charge in [0.1, 0.15) is 11.6 Å². The van der Waals surface area contributed by atoms with E-state index < -0.39 is 22.0 Å². The van der Waals surface area contributed by atoms with E-state index in [0.717, 1.165) is 28.1 Å². The molecule has 11 nitrogen and oxygen atoms in total. The number of rotatable bonds is 8. The maximum absolute atomic E-state index is 13.2. The summed E-state index contributed by atoms with van der Waals surface area (Å²) >= 11 is 0. The minimum absolute atomic E-state index is 0.00549. The highest BCUT2D eigenvalue weighted by molar-refractivity contribution is 7.89. The van der Waals surface area contributed by atoms with Crippen LogP contribution in [-0.2, 0) is 27.4 Å². The molecular formula is C29H27F4N7O4S. The molecule has 0 unspecified atom stereocenters. The smallest absolute Gasteiger partial charge is 0.475 e. The van der Waals surface area contributed by atoms with Crippen LogP contribution >= 0.6 is 0 Å². The van der Waals surface area contributed by atoms with Gasteiger partial charge in [0, 0.05) is 43.6 Å². The summed E-state index contributed by atoms with van der Waals surface area (Å²) in [5, 5.41) is 13.5. The predicted octanol–water partition coefficient (Wildman–Crippen LogP) is 5.94. The van der Waals surface area contributed by atoms with E-state index in [4.69, 9.17) is 14.9 Å². The van der Waals surface area contributed by atoms with Crippen molar-refractivity contribution in [3.63, 3.8) is 0 Å². The molecule has 3 N–H and O–H groups in total. The fraction of sp³-hybridized carbons (Fsp3) is 0.172. The maximum Gasteiger partial charge on any atom is 0.490 e. The van der Waals surface area contributed by atoms with Crippen molar-refractivity contribution in [1.82, 2.24) is 19.5 Å². The third kappa shape index (κ3) is 8.88. The molecular weight excluding hydrogens is 618 g/mol. The van der Waals surface area contributed by atoms with Gasteiger partial charge in [-0.15, -0.1) is 0 Å². The standard InChI is InChI=1S/C27H26FN7O2S.C2HF3O2/c1-34(25-14-15-29-26(33-25)30-20-8-4-18(5-9-20)17-38(3,36)37)22-12-13-24-23(16-22)32-27(35(24)2)31-21-10-6-19(28)7-11-21;3-2(4,5)1(6)7/h4-16H,17H2,1-3H3,(H,31,32)(H,29,30,33);(H,6,7). The van der Waals surface area contributed by atoms with Crippen LogP contribution in [0.25, 0.3) is 11.0 Å². The average Bonchev–Trinajstić information content (AvgIpc) is 3.28. The van der Waals surface area contributed by atoms with Gasteiger partial charge in [-0.05, 0) is 66.2 Å². The van der Waals surface area contributed by atoms with Gasteiger partial charge in [-0.25, -0.2) is 27.6 Å². The summed E-state index contributed by atoms with van der Waals surface area (Å²) in [4.78, 5) is 24.5. The molecule has 5 rings (SSSR count). The Morgan fingerprint density at radius 2 is 1.56 bits per heavy atom. The predicted molar refractivity (Wildman–Crippen MR) is 162 cm³/mol. The second-order valence-corrected chi connectivity index (χ2v) is 11.9. The van der Waals surface area contributed by atoms with Crippen LogP contribution in [0.2, 0.25) is 0 Å². The second kappa shape index (κ2) is 13.2.